The normalized spacial score (nSPS) is 15.9. The van der Waals surface area contributed by atoms with E-state index in [1.807, 2.05) is 4.68 Å². The molecule has 20 heavy (non-hydrogen) atoms. The zero-order valence-corrected chi connectivity index (χ0v) is 13.0. The Kier molecular flexibility index (Phi) is 4.43. The second kappa shape index (κ2) is 6.28. The first kappa shape index (κ1) is 14.1. The molecule has 2 aromatic rings. The topological polar surface area (TPSA) is 56.5 Å². The van der Waals surface area contributed by atoms with E-state index in [1.54, 1.807) is 12.1 Å². The van der Waals surface area contributed by atoms with Crippen molar-refractivity contribution in [2.75, 3.05) is 0 Å². The molecule has 0 unspecified atom stereocenters. The van der Waals surface area contributed by atoms with Gasteiger partial charge in [0.1, 0.15) is 5.15 Å². The molecule has 0 amide bonds. The summed E-state index contributed by atoms with van der Waals surface area (Å²) in [6.07, 6.45) is 4.79. The van der Waals surface area contributed by atoms with E-state index < -0.39 is 0 Å². The lowest BCUT2D eigenvalue weighted by Gasteiger charge is -2.10. The molecule has 8 heteroatoms. The lowest BCUT2D eigenvalue weighted by atomic mass is 10.3. The molecular weight excluding hydrogens is 317 g/mol. The van der Waals surface area contributed by atoms with Gasteiger partial charge in [-0.2, -0.15) is 0 Å². The molecule has 0 spiro atoms. The predicted octanol–water partition coefficient (Wildman–Crippen LogP) is 3.78. The Morgan fingerprint density at radius 3 is 2.85 bits per heavy atom. The Hall–Kier alpha value is -0.850. The van der Waals surface area contributed by atoms with Crippen molar-refractivity contribution in [3.63, 3.8) is 0 Å². The monoisotopic (exact) mass is 329 g/mol. The number of thioether (sulfide) groups is 1. The van der Waals surface area contributed by atoms with Crippen LogP contribution >= 0.6 is 35.0 Å². The molecule has 3 rings (SSSR count). The number of aromatic nitrogens is 5. The van der Waals surface area contributed by atoms with Crippen LogP contribution in [-0.4, -0.2) is 25.2 Å². The lowest BCUT2D eigenvalue weighted by Crippen LogP contribution is -2.08. The minimum Gasteiger partial charge on any atom is -0.239 e. The van der Waals surface area contributed by atoms with Gasteiger partial charge < -0.3 is 0 Å². The van der Waals surface area contributed by atoms with Crippen LogP contribution in [0.3, 0.4) is 0 Å². The number of tetrazole rings is 1. The van der Waals surface area contributed by atoms with E-state index in [9.17, 15) is 0 Å². The van der Waals surface area contributed by atoms with E-state index in [1.165, 1.54) is 24.6 Å². The first-order chi connectivity index (χ1) is 9.74. The van der Waals surface area contributed by atoms with Crippen LogP contribution in [0.1, 0.15) is 37.4 Å². The van der Waals surface area contributed by atoms with Crippen LogP contribution in [0.5, 0.6) is 0 Å². The summed E-state index contributed by atoms with van der Waals surface area (Å²) in [7, 11) is 0. The largest absolute Gasteiger partial charge is 0.239 e. The number of pyridine rings is 1. The highest BCUT2D eigenvalue weighted by Gasteiger charge is 2.21. The molecular formula is C12H13Cl2N5S. The third-order valence-corrected chi connectivity index (χ3v) is 4.86. The quantitative estimate of drug-likeness (QED) is 0.631. The van der Waals surface area contributed by atoms with Crippen molar-refractivity contribution in [2.45, 2.75) is 42.6 Å². The van der Waals surface area contributed by atoms with Crippen molar-refractivity contribution in [3.05, 3.63) is 28.0 Å². The third kappa shape index (κ3) is 3.07. The van der Waals surface area contributed by atoms with Gasteiger partial charge in [0.15, 0.2) is 0 Å². The van der Waals surface area contributed by atoms with Crippen LogP contribution < -0.4 is 0 Å². The zero-order chi connectivity index (χ0) is 13.9. The molecule has 5 nitrogen and oxygen atoms in total. The lowest BCUT2D eigenvalue weighted by molar-refractivity contribution is 0.423. The van der Waals surface area contributed by atoms with E-state index in [-0.39, 0.29) is 0 Å². The van der Waals surface area contributed by atoms with Crippen LogP contribution in [0.2, 0.25) is 10.2 Å². The summed E-state index contributed by atoms with van der Waals surface area (Å²) in [6.45, 7) is 0. The van der Waals surface area contributed by atoms with E-state index >= 15 is 0 Å². The molecule has 0 radical (unpaired) electrons. The fraction of sp³-hybridized carbons (Fsp3) is 0.500. The number of hydrogen-bond donors (Lipinski definition) is 0. The van der Waals surface area contributed by atoms with Gasteiger partial charge in [-0.1, -0.05) is 47.8 Å². The molecule has 2 heterocycles. The van der Waals surface area contributed by atoms with Gasteiger partial charge in [-0.05, 0) is 35.4 Å². The molecule has 0 aliphatic heterocycles. The van der Waals surface area contributed by atoms with Gasteiger partial charge in [0.25, 0.3) is 0 Å². The van der Waals surface area contributed by atoms with Gasteiger partial charge in [-0.25, -0.2) is 9.67 Å². The summed E-state index contributed by atoms with van der Waals surface area (Å²) in [6, 6.07) is 3.86. The van der Waals surface area contributed by atoms with Gasteiger partial charge in [0, 0.05) is 5.75 Å². The first-order valence-electron chi connectivity index (χ1n) is 6.45. The minimum absolute atomic E-state index is 0.426. The van der Waals surface area contributed by atoms with Crippen LogP contribution in [0.25, 0.3) is 0 Å². The maximum atomic E-state index is 6.11. The Labute approximate surface area is 131 Å². The maximum Gasteiger partial charge on any atom is 0.209 e. The van der Waals surface area contributed by atoms with Crippen LogP contribution in [-0.2, 0) is 5.75 Å². The summed E-state index contributed by atoms with van der Waals surface area (Å²) < 4.78 is 1.93. The average molecular weight is 330 g/mol. The molecule has 2 aromatic heterocycles. The molecule has 1 aliphatic carbocycles. The van der Waals surface area contributed by atoms with Crippen molar-refractivity contribution in [3.8, 4) is 0 Å². The summed E-state index contributed by atoms with van der Waals surface area (Å²) in [5.74, 6) is 0.604. The van der Waals surface area contributed by atoms with Crippen molar-refractivity contribution in [1.82, 2.24) is 25.2 Å². The second-order valence-corrected chi connectivity index (χ2v) is 6.43. The van der Waals surface area contributed by atoms with E-state index in [2.05, 4.69) is 20.5 Å². The van der Waals surface area contributed by atoms with Crippen LogP contribution in [0.15, 0.2) is 17.3 Å². The fourth-order valence-corrected chi connectivity index (χ4v) is 3.66. The second-order valence-electron chi connectivity index (χ2n) is 4.70. The van der Waals surface area contributed by atoms with Crippen molar-refractivity contribution < 1.29 is 0 Å². The number of halogens is 2. The minimum atomic E-state index is 0.426. The molecule has 0 atom stereocenters. The Morgan fingerprint density at radius 1 is 1.25 bits per heavy atom. The summed E-state index contributed by atoms with van der Waals surface area (Å²) in [4.78, 5) is 4.23. The molecule has 106 valence electrons. The fourth-order valence-electron chi connectivity index (χ4n) is 2.35. The molecule has 1 aliphatic rings. The van der Waals surface area contributed by atoms with E-state index in [0.29, 0.717) is 22.0 Å². The van der Waals surface area contributed by atoms with Crippen molar-refractivity contribution in [2.24, 2.45) is 0 Å². The Bertz CT molecular complexity index is 597. The van der Waals surface area contributed by atoms with E-state index in [4.69, 9.17) is 23.2 Å². The molecule has 0 aromatic carbocycles. The smallest absolute Gasteiger partial charge is 0.209 e. The summed E-state index contributed by atoms with van der Waals surface area (Å²) >= 11 is 13.5. The van der Waals surface area contributed by atoms with Gasteiger partial charge in [0.05, 0.1) is 16.8 Å². The molecule has 1 saturated carbocycles. The van der Waals surface area contributed by atoms with Crippen molar-refractivity contribution in [1.29, 1.82) is 0 Å². The highest BCUT2D eigenvalue weighted by atomic mass is 35.5. The molecule has 0 saturated heterocycles. The van der Waals surface area contributed by atoms with Crippen molar-refractivity contribution >= 4 is 35.0 Å². The Balaban J connectivity index is 1.72. The molecule has 0 bridgehead atoms. The van der Waals surface area contributed by atoms with Gasteiger partial charge in [0.2, 0.25) is 5.16 Å². The first-order valence-corrected chi connectivity index (χ1v) is 8.20. The van der Waals surface area contributed by atoms with Crippen LogP contribution in [0, 0.1) is 0 Å². The molecule has 1 fully saturated rings. The van der Waals surface area contributed by atoms with Gasteiger partial charge in [-0.15, -0.1) is 5.10 Å². The maximum absolute atomic E-state index is 6.11. The zero-order valence-electron chi connectivity index (χ0n) is 10.7. The number of nitrogens with zero attached hydrogens (tertiary/aromatic N) is 5. The highest BCUT2D eigenvalue weighted by Crippen LogP contribution is 2.32. The summed E-state index contributed by atoms with van der Waals surface area (Å²) in [5.41, 5.74) is 0.755. The standard InChI is InChI=1S/C12H13Cl2N5S/c13-9-5-6-11(14)15-10(9)7-20-12-16-17-18-19(12)8-3-1-2-4-8/h5-6,8H,1-4,7H2. The predicted molar refractivity (Wildman–Crippen MR) is 79.1 cm³/mol. The van der Waals surface area contributed by atoms with Gasteiger partial charge in [-0.3, -0.25) is 0 Å². The van der Waals surface area contributed by atoms with Crippen LogP contribution in [0.4, 0.5) is 0 Å². The third-order valence-electron chi connectivity index (χ3n) is 3.36. The highest BCUT2D eigenvalue weighted by molar-refractivity contribution is 7.98. The van der Waals surface area contributed by atoms with E-state index in [0.717, 1.165) is 23.7 Å². The Morgan fingerprint density at radius 2 is 2.05 bits per heavy atom. The molecule has 0 N–H and O–H groups in total. The number of hydrogen-bond acceptors (Lipinski definition) is 5. The summed E-state index contributed by atoms with van der Waals surface area (Å²) in [5, 5.41) is 13.8. The number of rotatable bonds is 4. The SMILES string of the molecule is Clc1ccc(Cl)c(CSc2nnnn2C2CCCC2)n1. The van der Waals surface area contributed by atoms with Gasteiger partial charge >= 0.3 is 0 Å². The average Bonchev–Trinajstić information content (AvgIpc) is 3.09.